The minimum atomic E-state index is -0.907. The Hall–Kier alpha value is -1.76. The average molecular weight is 266 g/mol. The number of carboxylic acids is 1. The molecule has 0 saturated heterocycles. The van der Waals surface area contributed by atoms with Gasteiger partial charge >= 0.3 is 5.97 Å². The van der Waals surface area contributed by atoms with Crippen molar-refractivity contribution in [2.75, 3.05) is 0 Å². The fraction of sp³-hybridized carbons (Fsp3) is 0.455. The molecule has 2 aromatic rings. The van der Waals surface area contributed by atoms with Crippen molar-refractivity contribution in [2.24, 2.45) is 5.41 Å². The van der Waals surface area contributed by atoms with Gasteiger partial charge in [-0.05, 0) is 48.2 Å². The Labute approximate surface area is 108 Å². The molecule has 1 N–H and O–H groups in total. The summed E-state index contributed by atoms with van der Waals surface area (Å²) in [5.74, 6) is -0.247. The lowest BCUT2D eigenvalue weighted by molar-refractivity contribution is -0.147. The van der Waals surface area contributed by atoms with E-state index in [1.807, 2.05) is 18.4 Å². The number of aryl methyl sites for hydroxylation is 1. The van der Waals surface area contributed by atoms with Crippen LogP contribution in [0.5, 0.6) is 0 Å². The van der Waals surface area contributed by atoms with Crippen LogP contribution in [0.1, 0.15) is 19.4 Å². The van der Waals surface area contributed by atoms with Crippen molar-refractivity contribution in [1.29, 1.82) is 0 Å². The first-order valence-electron chi connectivity index (χ1n) is 5.46. The third kappa shape index (κ3) is 2.26. The third-order valence-electron chi connectivity index (χ3n) is 2.72. The van der Waals surface area contributed by atoms with E-state index in [9.17, 15) is 4.79 Å². The maximum atomic E-state index is 11.1. The Morgan fingerprint density at radius 2 is 2.28 bits per heavy atom. The van der Waals surface area contributed by atoms with Crippen LogP contribution in [-0.2, 0) is 11.3 Å². The van der Waals surface area contributed by atoms with Crippen molar-refractivity contribution >= 4 is 17.3 Å². The number of carboxylic acid groups (broad SMARTS) is 1. The van der Waals surface area contributed by atoms with E-state index in [0.717, 1.165) is 10.4 Å². The first-order chi connectivity index (χ1) is 8.42. The highest BCUT2D eigenvalue weighted by atomic mass is 32.1. The molecular formula is C11H14N4O2S. The largest absolute Gasteiger partial charge is 0.481 e. The summed E-state index contributed by atoms with van der Waals surface area (Å²) in [6.45, 7) is 5.53. The minimum Gasteiger partial charge on any atom is -0.481 e. The molecule has 0 bridgehead atoms. The zero-order valence-corrected chi connectivity index (χ0v) is 11.2. The van der Waals surface area contributed by atoms with Crippen LogP contribution >= 0.6 is 11.3 Å². The fourth-order valence-corrected chi connectivity index (χ4v) is 2.43. The second kappa shape index (κ2) is 4.49. The summed E-state index contributed by atoms with van der Waals surface area (Å²) in [7, 11) is 0. The van der Waals surface area contributed by atoms with Crippen LogP contribution in [0.15, 0.2) is 11.4 Å². The Kier molecular flexibility index (Phi) is 3.16. The monoisotopic (exact) mass is 266 g/mol. The van der Waals surface area contributed by atoms with Gasteiger partial charge in [0.1, 0.15) is 0 Å². The van der Waals surface area contributed by atoms with Crippen LogP contribution in [0, 0.1) is 12.3 Å². The summed E-state index contributed by atoms with van der Waals surface area (Å²) in [5, 5.41) is 22.6. The summed E-state index contributed by atoms with van der Waals surface area (Å²) in [5.41, 5.74) is 0.180. The van der Waals surface area contributed by atoms with E-state index in [1.54, 1.807) is 29.9 Å². The molecule has 96 valence electrons. The van der Waals surface area contributed by atoms with Crippen molar-refractivity contribution in [1.82, 2.24) is 20.2 Å². The van der Waals surface area contributed by atoms with E-state index in [-0.39, 0.29) is 6.54 Å². The highest BCUT2D eigenvalue weighted by Gasteiger charge is 2.30. The molecule has 6 nitrogen and oxygen atoms in total. The summed E-state index contributed by atoms with van der Waals surface area (Å²) in [6, 6.07) is 1.99. The van der Waals surface area contributed by atoms with Gasteiger partial charge in [0.25, 0.3) is 0 Å². The quantitative estimate of drug-likeness (QED) is 0.913. The van der Waals surface area contributed by atoms with Gasteiger partial charge in [0, 0.05) is 0 Å². The predicted molar refractivity (Wildman–Crippen MR) is 67.3 cm³/mol. The molecule has 2 rings (SSSR count). The summed E-state index contributed by atoms with van der Waals surface area (Å²) >= 11 is 1.55. The average Bonchev–Trinajstić information content (AvgIpc) is 2.86. The van der Waals surface area contributed by atoms with E-state index in [4.69, 9.17) is 5.11 Å². The maximum Gasteiger partial charge on any atom is 0.310 e. The molecule has 0 amide bonds. The van der Waals surface area contributed by atoms with Crippen LogP contribution in [0.2, 0.25) is 0 Å². The Balaban J connectivity index is 2.35. The Bertz CT molecular complexity index is 573. The summed E-state index contributed by atoms with van der Waals surface area (Å²) in [4.78, 5) is 12.1. The SMILES string of the molecule is Cc1ccsc1-c1nnnn1CC(C)(C)C(=O)O. The fourth-order valence-electron chi connectivity index (χ4n) is 1.52. The van der Waals surface area contributed by atoms with Gasteiger partial charge in [0.2, 0.25) is 0 Å². The minimum absolute atomic E-state index is 0.238. The number of tetrazole rings is 1. The first-order valence-corrected chi connectivity index (χ1v) is 6.34. The van der Waals surface area contributed by atoms with Gasteiger partial charge in [-0.1, -0.05) is 0 Å². The van der Waals surface area contributed by atoms with Gasteiger partial charge in [0.15, 0.2) is 5.82 Å². The van der Waals surface area contributed by atoms with Crippen LogP contribution in [0.3, 0.4) is 0 Å². The van der Waals surface area contributed by atoms with Crippen molar-refractivity contribution in [3.63, 3.8) is 0 Å². The molecule has 0 atom stereocenters. The van der Waals surface area contributed by atoms with Gasteiger partial charge in [-0.25, -0.2) is 4.68 Å². The van der Waals surface area contributed by atoms with E-state index >= 15 is 0 Å². The summed E-state index contributed by atoms with van der Waals surface area (Å²) < 4.78 is 1.55. The number of thiophene rings is 1. The highest BCUT2D eigenvalue weighted by Crippen LogP contribution is 2.28. The molecule has 18 heavy (non-hydrogen) atoms. The number of rotatable bonds is 4. The molecule has 0 aromatic carbocycles. The van der Waals surface area contributed by atoms with Crippen molar-refractivity contribution in [3.05, 3.63) is 17.0 Å². The van der Waals surface area contributed by atoms with Crippen LogP contribution in [-0.4, -0.2) is 31.3 Å². The standard InChI is InChI=1S/C11H14N4O2S/c1-7-4-5-18-8(7)9-12-13-14-15(9)6-11(2,3)10(16)17/h4-5H,6H2,1-3H3,(H,16,17). The number of aliphatic carboxylic acids is 1. The number of hydrogen-bond acceptors (Lipinski definition) is 5. The number of carbonyl (C=O) groups is 1. The molecule has 0 unspecified atom stereocenters. The Morgan fingerprint density at radius 1 is 1.56 bits per heavy atom. The second-order valence-corrected chi connectivity index (χ2v) is 5.70. The first kappa shape index (κ1) is 12.7. The molecule has 0 aliphatic heterocycles. The van der Waals surface area contributed by atoms with Gasteiger partial charge in [0.05, 0.1) is 16.8 Å². The molecule has 0 radical (unpaired) electrons. The lowest BCUT2D eigenvalue weighted by Gasteiger charge is -2.18. The molecule has 7 heteroatoms. The zero-order chi connectivity index (χ0) is 13.3. The zero-order valence-electron chi connectivity index (χ0n) is 10.4. The number of aromatic nitrogens is 4. The molecule has 0 aliphatic carbocycles. The molecule has 0 fully saturated rings. The predicted octanol–water partition coefficient (Wildman–Crippen LogP) is 1.82. The number of hydrogen-bond donors (Lipinski definition) is 1. The molecule has 0 aliphatic rings. The van der Waals surface area contributed by atoms with Crippen molar-refractivity contribution in [2.45, 2.75) is 27.3 Å². The Morgan fingerprint density at radius 3 is 2.83 bits per heavy atom. The van der Waals surface area contributed by atoms with E-state index in [0.29, 0.717) is 5.82 Å². The van der Waals surface area contributed by atoms with Gasteiger partial charge < -0.3 is 5.11 Å². The molecule has 2 aromatic heterocycles. The highest BCUT2D eigenvalue weighted by molar-refractivity contribution is 7.13. The van der Waals surface area contributed by atoms with Crippen LogP contribution in [0.25, 0.3) is 10.7 Å². The lowest BCUT2D eigenvalue weighted by Crippen LogP contribution is -2.30. The summed E-state index contributed by atoms with van der Waals surface area (Å²) in [6.07, 6.45) is 0. The lowest BCUT2D eigenvalue weighted by atomic mass is 9.94. The molecule has 0 spiro atoms. The van der Waals surface area contributed by atoms with Gasteiger partial charge in [-0.2, -0.15) is 0 Å². The normalized spacial score (nSPS) is 11.7. The van der Waals surface area contributed by atoms with E-state index in [1.165, 1.54) is 0 Å². The molecule has 0 saturated carbocycles. The van der Waals surface area contributed by atoms with Crippen LogP contribution in [0.4, 0.5) is 0 Å². The third-order valence-corrected chi connectivity index (χ3v) is 3.73. The van der Waals surface area contributed by atoms with E-state index in [2.05, 4.69) is 15.5 Å². The van der Waals surface area contributed by atoms with Gasteiger partial charge in [-0.15, -0.1) is 16.4 Å². The second-order valence-electron chi connectivity index (χ2n) is 4.78. The molecule has 2 heterocycles. The van der Waals surface area contributed by atoms with Crippen molar-refractivity contribution in [3.8, 4) is 10.7 Å². The van der Waals surface area contributed by atoms with E-state index < -0.39 is 11.4 Å². The van der Waals surface area contributed by atoms with Crippen molar-refractivity contribution < 1.29 is 9.90 Å². The number of nitrogens with zero attached hydrogens (tertiary/aromatic N) is 4. The van der Waals surface area contributed by atoms with Crippen LogP contribution < -0.4 is 0 Å². The smallest absolute Gasteiger partial charge is 0.310 e. The van der Waals surface area contributed by atoms with Gasteiger partial charge in [-0.3, -0.25) is 4.79 Å². The topological polar surface area (TPSA) is 80.9 Å². The molecular weight excluding hydrogens is 252 g/mol. The maximum absolute atomic E-state index is 11.1.